The maximum Gasteiger partial charge on any atom is 0.341 e. The van der Waals surface area contributed by atoms with Gasteiger partial charge >= 0.3 is 5.97 Å². The van der Waals surface area contributed by atoms with Crippen LogP contribution in [0, 0.1) is 0 Å². The van der Waals surface area contributed by atoms with E-state index in [0.29, 0.717) is 18.1 Å². The summed E-state index contributed by atoms with van der Waals surface area (Å²) in [6.07, 6.45) is 1.66. The molecule has 0 saturated heterocycles. The molecule has 0 bridgehead atoms. The number of carbonyl (C=O) groups is 1. The minimum atomic E-state index is -0.996. The van der Waals surface area contributed by atoms with Crippen LogP contribution in [0.5, 0.6) is 23.0 Å². The van der Waals surface area contributed by atoms with Gasteiger partial charge in [0, 0.05) is 6.07 Å². The summed E-state index contributed by atoms with van der Waals surface area (Å²) in [4.78, 5) is 10.4. The Balaban J connectivity index is 1.56. The van der Waals surface area contributed by atoms with Gasteiger partial charge in [-0.1, -0.05) is 12.1 Å². The van der Waals surface area contributed by atoms with Gasteiger partial charge in [-0.15, -0.1) is 0 Å². The van der Waals surface area contributed by atoms with Crippen molar-refractivity contribution in [1.82, 2.24) is 5.32 Å². The van der Waals surface area contributed by atoms with E-state index >= 15 is 0 Å². The van der Waals surface area contributed by atoms with Crippen LogP contribution < -0.4 is 14.8 Å². The van der Waals surface area contributed by atoms with E-state index in [4.69, 9.17) is 14.6 Å². The quantitative estimate of drug-likeness (QED) is 0.359. The number of rotatable bonds is 11. The predicted molar refractivity (Wildman–Crippen MR) is 96.0 cm³/mol. The smallest absolute Gasteiger partial charge is 0.341 e. The van der Waals surface area contributed by atoms with Gasteiger partial charge < -0.3 is 30.1 Å². The first kappa shape index (κ1) is 19.4. The minimum Gasteiger partial charge on any atom is -0.504 e. The Bertz CT molecular complexity index is 702. The van der Waals surface area contributed by atoms with Crippen LogP contribution in [0.4, 0.5) is 0 Å². The van der Waals surface area contributed by atoms with Crippen LogP contribution in [0.25, 0.3) is 0 Å². The van der Waals surface area contributed by atoms with Gasteiger partial charge in [0.25, 0.3) is 0 Å². The lowest BCUT2D eigenvalue weighted by molar-refractivity contribution is -0.139. The van der Waals surface area contributed by atoms with Crippen LogP contribution in [0.15, 0.2) is 42.5 Å². The molecule has 0 saturated carbocycles. The van der Waals surface area contributed by atoms with Crippen LogP contribution in [0.3, 0.4) is 0 Å². The highest BCUT2D eigenvalue weighted by Gasteiger charge is 2.02. The normalized spacial score (nSPS) is 10.5. The summed E-state index contributed by atoms with van der Waals surface area (Å²) in [7, 11) is 0. The number of carboxylic acid groups (broad SMARTS) is 1. The van der Waals surface area contributed by atoms with Crippen molar-refractivity contribution in [3.63, 3.8) is 0 Å². The molecule has 0 aliphatic heterocycles. The molecule has 7 heteroatoms. The summed E-state index contributed by atoms with van der Waals surface area (Å²) in [6.45, 7) is 1.78. The molecule has 2 aromatic rings. The number of hydrogen-bond donors (Lipinski definition) is 4. The maximum absolute atomic E-state index is 10.4. The number of benzene rings is 2. The molecular formula is C19H23NO6. The summed E-state index contributed by atoms with van der Waals surface area (Å²) in [5.41, 5.74) is 1.14. The Morgan fingerprint density at radius 2 is 1.65 bits per heavy atom. The second kappa shape index (κ2) is 10.1. The molecule has 0 aliphatic carbocycles. The molecule has 0 aliphatic rings. The summed E-state index contributed by atoms with van der Waals surface area (Å²) >= 11 is 0. The lowest BCUT2D eigenvalue weighted by atomic mass is 10.1. The third kappa shape index (κ3) is 6.90. The maximum atomic E-state index is 10.4. The van der Waals surface area contributed by atoms with Crippen molar-refractivity contribution in [2.45, 2.75) is 12.8 Å². The van der Waals surface area contributed by atoms with E-state index in [1.165, 1.54) is 12.1 Å². The third-order valence-corrected chi connectivity index (χ3v) is 3.59. The predicted octanol–water partition coefficient (Wildman–Crippen LogP) is 2.16. The van der Waals surface area contributed by atoms with E-state index < -0.39 is 5.97 Å². The number of aromatic hydroxyl groups is 2. The van der Waals surface area contributed by atoms with E-state index in [0.717, 1.165) is 31.5 Å². The lowest BCUT2D eigenvalue weighted by Gasteiger charge is -2.08. The highest BCUT2D eigenvalue weighted by atomic mass is 16.5. The average Bonchev–Trinajstić information content (AvgIpc) is 2.63. The Morgan fingerprint density at radius 3 is 2.35 bits per heavy atom. The van der Waals surface area contributed by atoms with Crippen molar-refractivity contribution in [3.8, 4) is 23.0 Å². The topological polar surface area (TPSA) is 108 Å². The largest absolute Gasteiger partial charge is 0.504 e. The zero-order chi connectivity index (χ0) is 18.8. The molecule has 140 valence electrons. The number of aliphatic carboxylic acids is 1. The molecule has 4 N–H and O–H groups in total. The van der Waals surface area contributed by atoms with Crippen LogP contribution in [-0.2, 0) is 11.2 Å². The molecule has 2 rings (SSSR count). The molecule has 0 aromatic heterocycles. The van der Waals surface area contributed by atoms with Gasteiger partial charge in [0.15, 0.2) is 18.1 Å². The molecule has 0 atom stereocenters. The van der Waals surface area contributed by atoms with E-state index in [2.05, 4.69) is 5.32 Å². The Hall–Kier alpha value is -2.93. The zero-order valence-corrected chi connectivity index (χ0v) is 14.4. The molecule has 0 amide bonds. The Labute approximate surface area is 151 Å². The number of carboxylic acids is 1. The van der Waals surface area contributed by atoms with Gasteiger partial charge in [-0.05, 0) is 55.8 Å². The first-order chi connectivity index (χ1) is 12.5. The number of phenols is 2. The standard InChI is InChI=1S/C19H23NO6/c21-17-7-6-16(12-18(17)22)25-11-1-9-20-10-8-14-2-4-15(5-3-14)26-13-19(23)24/h2-7,12,20-22H,1,8-11,13H2,(H,23,24). The second-order valence-electron chi connectivity index (χ2n) is 5.68. The molecule has 7 nitrogen and oxygen atoms in total. The third-order valence-electron chi connectivity index (χ3n) is 3.59. The summed E-state index contributed by atoms with van der Waals surface area (Å²) in [5.74, 6) is -0.294. The average molecular weight is 361 g/mol. The van der Waals surface area contributed by atoms with Crippen LogP contribution >= 0.6 is 0 Å². The highest BCUT2D eigenvalue weighted by molar-refractivity contribution is 5.68. The number of nitrogens with one attached hydrogen (secondary N) is 1. The second-order valence-corrected chi connectivity index (χ2v) is 5.68. The summed E-state index contributed by atoms with van der Waals surface area (Å²) in [5, 5.41) is 30.5. The van der Waals surface area contributed by atoms with Crippen molar-refractivity contribution in [2.24, 2.45) is 0 Å². The van der Waals surface area contributed by atoms with Crippen LogP contribution in [-0.4, -0.2) is 47.6 Å². The van der Waals surface area contributed by atoms with Crippen molar-refractivity contribution in [3.05, 3.63) is 48.0 Å². The molecule has 0 radical (unpaired) electrons. The minimum absolute atomic E-state index is 0.166. The fourth-order valence-electron chi connectivity index (χ4n) is 2.24. The molecule has 0 fully saturated rings. The number of ether oxygens (including phenoxy) is 2. The summed E-state index contributed by atoms with van der Waals surface area (Å²) in [6, 6.07) is 11.7. The van der Waals surface area contributed by atoms with Gasteiger partial charge in [-0.2, -0.15) is 0 Å². The van der Waals surface area contributed by atoms with Crippen molar-refractivity contribution in [2.75, 3.05) is 26.3 Å². The van der Waals surface area contributed by atoms with Gasteiger partial charge in [-0.3, -0.25) is 0 Å². The van der Waals surface area contributed by atoms with Crippen LogP contribution in [0.2, 0.25) is 0 Å². The molecule has 0 spiro atoms. The number of hydrogen-bond acceptors (Lipinski definition) is 6. The molecule has 0 unspecified atom stereocenters. The van der Waals surface area contributed by atoms with E-state index in [1.54, 1.807) is 18.2 Å². The zero-order valence-electron chi connectivity index (χ0n) is 14.4. The highest BCUT2D eigenvalue weighted by Crippen LogP contribution is 2.28. The lowest BCUT2D eigenvalue weighted by Crippen LogP contribution is -2.20. The molecule has 2 aromatic carbocycles. The fourth-order valence-corrected chi connectivity index (χ4v) is 2.24. The van der Waals surface area contributed by atoms with Crippen molar-refractivity contribution < 1.29 is 29.6 Å². The van der Waals surface area contributed by atoms with E-state index in [9.17, 15) is 15.0 Å². The molecule has 26 heavy (non-hydrogen) atoms. The van der Waals surface area contributed by atoms with Crippen LogP contribution in [0.1, 0.15) is 12.0 Å². The SMILES string of the molecule is O=C(O)COc1ccc(CCNCCCOc2ccc(O)c(O)c2)cc1. The van der Waals surface area contributed by atoms with E-state index in [1.807, 2.05) is 12.1 Å². The van der Waals surface area contributed by atoms with Crippen molar-refractivity contribution in [1.29, 1.82) is 0 Å². The Morgan fingerprint density at radius 1 is 0.923 bits per heavy atom. The first-order valence-corrected chi connectivity index (χ1v) is 8.33. The number of phenolic OH excluding ortho intramolecular Hbond substituents is 2. The molecule has 0 heterocycles. The molecular weight excluding hydrogens is 338 g/mol. The first-order valence-electron chi connectivity index (χ1n) is 8.33. The van der Waals surface area contributed by atoms with Gasteiger partial charge in [-0.25, -0.2) is 4.79 Å². The van der Waals surface area contributed by atoms with E-state index in [-0.39, 0.29) is 18.1 Å². The fraction of sp³-hybridized carbons (Fsp3) is 0.316. The van der Waals surface area contributed by atoms with Gasteiger partial charge in [0.1, 0.15) is 11.5 Å². The van der Waals surface area contributed by atoms with Gasteiger partial charge in [0.05, 0.1) is 6.61 Å². The summed E-state index contributed by atoms with van der Waals surface area (Å²) < 4.78 is 10.6. The Kier molecular flexibility index (Phi) is 7.57. The van der Waals surface area contributed by atoms with Gasteiger partial charge in [0.2, 0.25) is 0 Å². The van der Waals surface area contributed by atoms with Crippen molar-refractivity contribution >= 4 is 5.97 Å². The monoisotopic (exact) mass is 361 g/mol.